The number of halogens is 7. The van der Waals surface area contributed by atoms with Gasteiger partial charge in [-0.1, -0.05) is 42.0 Å². The molecule has 258 valence electrons. The number of allylic oxidation sites excluding steroid dienone is 2. The van der Waals surface area contributed by atoms with E-state index in [0.29, 0.717) is 0 Å². The van der Waals surface area contributed by atoms with Crippen LogP contribution in [-0.2, 0) is 19.2 Å². The van der Waals surface area contributed by atoms with Gasteiger partial charge in [-0.3, -0.25) is 24.1 Å². The number of fused-ring (bicyclic) bond motifs is 4. The van der Waals surface area contributed by atoms with Gasteiger partial charge < -0.3 is 15.2 Å². The first kappa shape index (κ1) is 34.2. The Balaban J connectivity index is 1.43. The molecule has 3 fully saturated rings. The molecule has 2 heterocycles. The van der Waals surface area contributed by atoms with E-state index in [0.717, 1.165) is 4.90 Å². The zero-order valence-electron chi connectivity index (χ0n) is 25.4. The van der Waals surface area contributed by atoms with Gasteiger partial charge in [-0.25, -0.2) is 26.9 Å². The van der Waals surface area contributed by atoms with Crippen LogP contribution in [0.2, 0.25) is 0 Å². The van der Waals surface area contributed by atoms with Gasteiger partial charge in [0.25, 0.3) is 11.8 Å². The molecule has 17 heteroatoms. The molecule has 2 aliphatic heterocycles. The fourth-order valence-electron chi connectivity index (χ4n) is 7.91. The first-order valence-electron chi connectivity index (χ1n) is 15.1. The second-order valence-corrected chi connectivity index (χ2v) is 13.9. The van der Waals surface area contributed by atoms with Crippen LogP contribution >= 0.6 is 23.2 Å². The first-order chi connectivity index (χ1) is 23.5. The summed E-state index contributed by atoms with van der Waals surface area (Å²) in [6.45, 7) is 1.50. The van der Waals surface area contributed by atoms with Crippen molar-refractivity contribution in [3.8, 4) is 5.75 Å². The summed E-state index contributed by atoms with van der Waals surface area (Å²) in [4.78, 5) is 51.6. The second kappa shape index (κ2) is 11.4. The Morgan fingerprint density at radius 3 is 2.08 bits per heavy atom. The Hall–Kier alpha value is -4.31. The van der Waals surface area contributed by atoms with Crippen molar-refractivity contribution in [2.45, 2.75) is 35.4 Å². The van der Waals surface area contributed by atoms with Crippen LogP contribution in [-0.4, -0.2) is 55.7 Å². The summed E-state index contributed by atoms with van der Waals surface area (Å²) >= 11 is 14.2. The molecule has 4 aliphatic rings. The van der Waals surface area contributed by atoms with Crippen molar-refractivity contribution in [1.29, 1.82) is 0 Å². The zero-order chi connectivity index (χ0) is 36.4. The lowest BCUT2D eigenvalue weighted by Crippen LogP contribution is -2.60. The van der Waals surface area contributed by atoms with Crippen molar-refractivity contribution >= 4 is 70.8 Å². The van der Waals surface area contributed by atoms with Crippen LogP contribution in [0.1, 0.15) is 29.9 Å². The van der Waals surface area contributed by atoms with Gasteiger partial charge in [0.1, 0.15) is 11.4 Å². The number of phenolic OH excluding ortho intramolecular Hbond substituents is 1. The Labute approximate surface area is 289 Å². The number of anilines is 2. The average Bonchev–Trinajstić information content (AvgIpc) is 3.42. The number of aromatic hydroxyl groups is 1. The number of alkyl halides is 2. The third-order valence-electron chi connectivity index (χ3n) is 10.2. The number of carbonyl (C=O) groups is 4. The number of amides is 4. The van der Waals surface area contributed by atoms with Crippen molar-refractivity contribution in [3.63, 3.8) is 0 Å². The lowest BCUT2D eigenvalue weighted by atomic mass is 9.56. The average molecular weight is 735 g/mol. The van der Waals surface area contributed by atoms with Crippen LogP contribution in [0.25, 0.3) is 0 Å². The fourth-order valence-corrected chi connectivity index (χ4v) is 8.83. The van der Waals surface area contributed by atoms with Crippen molar-refractivity contribution in [2.75, 3.05) is 9.80 Å². The highest BCUT2D eigenvalue weighted by Crippen LogP contribution is 2.66. The molecule has 3 aromatic carbocycles. The monoisotopic (exact) mass is 734 g/mol. The van der Waals surface area contributed by atoms with E-state index >= 15 is 8.78 Å². The van der Waals surface area contributed by atoms with E-state index in [2.05, 4.69) is 0 Å². The summed E-state index contributed by atoms with van der Waals surface area (Å²) in [6.07, 6.45) is 0.668. The first-order valence-corrected chi connectivity index (χ1v) is 15.8. The number of carbonyl (C=O) groups excluding carboxylic acids is 4. The molecule has 9 nitrogen and oxygen atoms in total. The maximum Gasteiger partial charge on any atom is 0.488 e. The van der Waals surface area contributed by atoms with E-state index < -0.39 is 111 Å². The largest absolute Gasteiger partial charge is 0.507 e. The minimum Gasteiger partial charge on any atom is -0.507 e. The molecule has 6 atom stereocenters. The smallest absolute Gasteiger partial charge is 0.488 e. The van der Waals surface area contributed by atoms with E-state index in [4.69, 9.17) is 23.2 Å². The summed E-state index contributed by atoms with van der Waals surface area (Å²) in [7, 11) is -1.93. The van der Waals surface area contributed by atoms with Gasteiger partial charge in [0.2, 0.25) is 17.6 Å². The third kappa shape index (κ3) is 4.26. The van der Waals surface area contributed by atoms with E-state index in [1.54, 1.807) is 0 Å². The van der Waals surface area contributed by atoms with E-state index in [1.807, 2.05) is 0 Å². The number of phenols is 1. The molecule has 0 radical (unpaired) electrons. The molecule has 0 unspecified atom stereocenters. The van der Waals surface area contributed by atoms with Crippen LogP contribution < -0.4 is 15.3 Å². The van der Waals surface area contributed by atoms with Crippen LogP contribution in [0.5, 0.6) is 5.75 Å². The summed E-state index contributed by atoms with van der Waals surface area (Å²) in [5.41, 5.74) is -1.60. The summed E-state index contributed by atoms with van der Waals surface area (Å²) in [6, 6.07) is 9.64. The number of rotatable bonds is 4. The SMILES string of the molecule is Cc1cccc([C@H]2C3=CC[C@@H]4C(=O)N(c5cccc(B(O)O)c5)C(=O)[C@@H]4[C@@H]3C[C@@]3(Cl)C(=O)N(c4c(F)c(F)c(F)c(F)c4F)C(=O)[C@@]23Cl)c1O. The molecule has 0 bridgehead atoms. The molecule has 0 spiro atoms. The lowest BCUT2D eigenvalue weighted by Gasteiger charge is -2.50. The minimum absolute atomic E-state index is 0.00197. The van der Waals surface area contributed by atoms with Crippen LogP contribution in [0.15, 0.2) is 54.1 Å². The number of nitrogens with zero attached hydrogens (tertiary/aromatic N) is 2. The molecule has 2 saturated heterocycles. The Bertz CT molecular complexity index is 2090. The zero-order valence-corrected chi connectivity index (χ0v) is 26.9. The van der Waals surface area contributed by atoms with E-state index in [9.17, 15) is 47.5 Å². The van der Waals surface area contributed by atoms with Crippen LogP contribution in [0, 0.1) is 53.8 Å². The molecule has 3 aromatic rings. The number of benzene rings is 3. The Morgan fingerprint density at radius 2 is 1.44 bits per heavy atom. The lowest BCUT2D eigenvalue weighted by molar-refractivity contribution is -0.125. The van der Waals surface area contributed by atoms with Crippen molar-refractivity contribution in [2.24, 2.45) is 17.8 Å². The molecule has 4 amide bonds. The highest BCUT2D eigenvalue weighted by Gasteiger charge is 2.77. The van der Waals surface area contributed by atoms with Crippen molar-refractivity contribution in [3.05, 3.63) is 94.3 Å². The van der Waals surface area contributed by atoms with Gasteiger partial charge in [-0.05, 0) is 48.8 Å². The van der Waals surface area contributed by atoms with Gasteiger partial charge in [0.15, 0.2) is 33.0 Å². The molecular weight excluding hydrogens is 713 g/mol. The predicted molar refractivity (Wildman–Crippen MR) is 168 cm³/mol. The van der Waals surface area contributed by atoms with E-state index in [-0.39, 0.29) is 39.2 Å². The summed E-state index contributed by atoms with van der Waals surface area (Å²) in [5, 5.41) is 30.6. The second-order valence-electron chi connectivity index (χ2n) is 12.7. The Morgan fingerprint density at radius 1 is 0.820 bits per heavy atom. The fraction of sp³-hybridized carbons (Fsp3) is 0.273. The van der Waals surface area contributed by atoms with Crippen LogP contribution in [0.4, 0.5) is 33.3 Å². The maximum absolute atomic E-state index is 15.2. The maximum atomic E-state index is 15.2. The number of hydrogen-bond donors (Lipinski definition) is 3. The minimum atomic E-state index is -2.77. The number of hydrogen-bond acceptors (Lipinski definition) is 7. The Kier molecular flexibility index (Phi) is 7.76. The number of imide groups is 2. The van der Waals surface area contributed by atoms with Crippen LogP contribution in [0.3, 0.4) is 0 Å². The molecule has 3 N–H and O–H groups in total. The van der Waals surface area contributed by atoms with Gasteiger partial charge in [0, 0.05) is 11.5 Å². The summed E-state index contributed by atoms with van der Waals surface area (Å²) < 4.78 is 73.2. The topological polar surface area (TPSA) is 135 Å². The van der Waals surface area contributed by atoms with Crippen molar-refractivity contribution in [1.82, 2.24) is 0 Å². The molecule has 7 rings (SSSR count). The predicted octanol–water partition coefficient (Wildman–Crippen LogP) is 3.84. The number of para-hydroxylation sites is 1. The molecule has 2 aliphatic carbocycles. The van der Waals surface area contributed by atoms with Gasteiger partial charge in [-0.15, -0.1) is 23.2 Å². The van der Waals surface area contributed by atoms with Gasteiger partial charge >= 0.3 is 7.12 Å². The molecule has 1 saturated carbocycles. The molecule has 50 heavy (non-hydrogen) atoms. The molecular formula is C33H22BCl2F5N2O7. The van der Waals surface area contributed by atoms with E-state index in [1.165, 1.54) is 55.5 Å². The van der Waals surface area contributed by atoms with Crippen molar-refractivity contribution < 1.29 is 56.3 Å². The van der Waals surface area contributed by atoms with Gasteiger partial charge in [0.05, 0.1) is 17.5 Å². The highest BCUT2D eigenvalue weighted by molar-refractivity contribution is 6.59. The molecule has 0 aromatic heterocycles. The quantitative estimate of drug-likeness (QED) is 0.0706. The van der Waals surface area contributed by atoms with Gasteiger partial charge in [-0.2, -0.15) is 0 Å². The highest BCUT2D eigenvalue weighted by atomic mass is 35.5. The standard InChI is InChI=1S/C33H22BCl2F5N2O7/c1-12-4-2-7-17(27(12)44)20-15-8-9-16-19(29(46)42(28(16)45)14-6-3-5-13(10-14)34(49)50)18(15)11-32(35)30(47)43(31(48)33(20,32)36)26-24(40)22(38)21(37)23(39)25(26)41/h2-8,10,16,18-20,44,49-50H,9,11H2,1H3/t16-,18+,19-,20+,32+,33-/m0/s1. The normalized spacial score (nSPS) is 28.9. The third-order valence-corrected chi connectivity index (χ3v) is 11.6. The summed E-state index contributed by atoms with van der Waals surface area (Å²) in [5.74, 6) is -22.8. The number of aryl methyl sites for hydroxylation is 1.